The zero-order chi connectivity index (χ0) is 12.2. The molecule has 0 radical (unpaired) electrons. The number of nitrogens with one attached hydrogen (secondary N) is 1. The molecule has 2 heterocycles. The highest BCUT2D eigenvalue weighted by Crippen LogP contribution is 2.37. The van der Waals surface area contributed by atoms with Gasteiger partial charge in [0.05, 0.1) is 6.61 Å². The molecule has 3 N–H and O–H groups in total. The van der Waals surface area contributed by atoms with Crippen molar-refractivity contribution in [2.24, 2.45) is 5.92 Å². The van der Waals surface area contributed by atoms with E-state index in [4.69, 9.17) is 9.47 Å². The van der Waals surface area contributed by atoms with Gasteiger partial charge in [-0.2, -0.15) is 0 Å². The van der Waals surface area contributed by atoms with Crippen molar-refractivity contribution in [3.8, 4) is 0 Å². The fraction of sp³-hybridized carbons (Fsp3) is 0.909. The Bertz CT molecular complexity index is 345. The first-order valence-electron chi connectivity index (χ1n) is 5.97. The van der Waals surface area contributed by atoms with Crippen LogP contribution in [0, 0.1) is 5.92 Å². The first-order valence-corrected chi connectivity index (χ1v) is 5.97. The molecule has 2 saturated heterocycles. The summed E-state index contributed by atoms with van der Waals surface area (Å²) in [7, 11) is 0. The Balaban J connectivity index is 1.73. The summed E-state index contributed by atoms with van der Waals surface area (Å²) in [6.07, 6.45) is -0.987. The van der Waals surface area contributed by atoms with Gasteiger partial charge >= 0.3 is 0 Å². The van der Waals surface area contributed by atoms with Gasteiger partial charge in [0, 0.05) is 5.92 Å². The highest BCUT2D eigenvalue weighted by Gasteiger charge is 2.57. The highest BCUT2D eigenvalue weighted by atomic mass is 16.7. The largest absolute Gasteiger partial charge is 0.388 e. The maximum Gasteiger partial charge on any atom is 0.223 e. The zero-order valence-corrected chi connectivity index (χ0v) is 9.63. The van der Waals surface area contributed by atoms with Crippen LogP contribution in [-0.4, -0.2) is 52.9 Å². The monoisotopic (exact) mass is 243 g/mol. The lowest BCUT2D eigenvalue weighted by Crippen LogP contribution is -2.64. The number of fused-ring (bicyclic) bond motifs is 2. The number of amides is 1. The van der Waals surface area contributed by atoms with Crippen LogP contribution in [0.15, 0.2) is 0 Å². The number of carbonyl (C=O) groups excluding carboxylic acids is 1. The highest BCUT2D eigenvalue weighted by molar-refractivity contribution is 5.81. The van der Waals surface area contributed by atoms with E-state index < -0.39 is 30.1 Å². The van der Waals surface area contributed by atoms with Crippen LogP contribution >= 0.6 is 0 Å². The summed E-state index contributed by atoms with van der Waals surface area (Å²) in [6, 6.07) is -0.686. The van der Waals surface area contributed by atoms with Crippen molar-refractivity contribution >= 4 is 5.91 Å². The van der Waals surface area contributed by atoms with Gasteiger partial charge in [-0.3, -0.25) is 4.79 Å². The quantitative estimate of drug-likeness (QED) is 0.564. The van der Waals surface area contributed by atoms with E-state index in [1.165, 1.54) is 0 Å². The summed E-state index contributed by atoms with van der Waals surface area (Å²) < 4.78 is 10.9. The predicted molar refractivity (Wildman–Crippen MR) is 55.9 cm³/mol. The van der Waals surface area contributed by atoms with Crippen LogP contribution in [0.3, 0.4) is 0 Å². The summed E-state index contributed by atoms with van der Waals surface area (Å²) >= 11 is 0. The first kappa shape index (κ1) is 11.4. The van der Waals surface area contributed by atoms with E-state index >= 15 is 0 Å². The van der Waals surface area contributed by atoms with Gasteiger partial charge in [0.15, 0.2) is 6.29 Å². The third-order valence-electron chi connectivity index (χ3n) is 3.79. The summed E-state index contributed by atoms with van der Waals surface area (Å²) in [6.45, 7) is 1.92. The molecule has 1 aliphatic carbocycles. The summed E-state index contributed by atoms with van der Waals surface area (Å²) in [5.74, 6) is -0.0435. The fourth-order valence-electron chi connectivity index (χ4n) is 2.41. The van der Waals surface area contributed by atoms with Gasteiger partial charge in [0.2, 0.25) is 5.91 Å². The van der Waals surface area contributed by atoms with Crippen LogP contribution < -0.4 is 5.32 Å². The van der Waals surface area contributed by atoms with Crippen LogP contribution in [0.25, 0.3) is 0 Å². The molecular formula is C11H17NO5. The van der Waals surface area contributed by atoms with Gasteiger partial charge in [-0.25, -0.2) is 0 Å². The minimum atomic E-state index is -1.05. The lowest BCUT2D eigenvalue weighted by atomic mass is 9.89. The van der Waals surface area contributed by atoms with Gasteiger partial charge in [-0.15, -0.1) is 0 Å². The third kappa shape index (κ3) is 1.76. The summed E-state index contributed by atoms with van der Waals surface area (Å²) in [5.41, 5.74) is -0.870. The van der Waals surface area contributed by atoms with Crippen molar-refractivity contribution in [3.05, 3.63) is 0 Å². The Kier molecular flexibility index (Phi) is 2.45. The van der Waals surface area contributed by atoms with Crippen molar-refractivity contribution in [2.75, 3.05) is 6.61 Å². The molecule has 0 aromatic rings. The van der Waals surface area contributed by atoms with Crippen LogP contribution in [0.4, 0.5) is 0 Å². The number of hydrogen-bond acceptors (Lipinski definition) is 5. The fourth-order valence-corrected chi connectivity index (χ4v) is 2.41. The van der Waals surface area contributed by atoms with Gasteiger partial charge in [-0.1, -0.05) is 0 Å². The Hall–Kier alpha value is -0.690. The van der Waals surface area contributed by atoms with Gasteiger partial charge in [0.1, 0.15) is 23.9 Å². The number of aliphatic hydroxyl groups excluding tert-OH is 2. The molecular weight excluding hydrogens is 226 g/mol. The molecule has 3 rings (SSSR count). The molecule has 0 spiro atoms. The number of ether oxygens (including phenoxy) is 2. The molecule has 0 aromatic carbocycles. The summed E-state index contributed by atoms with van der Waals surface area (Å²) in [5, 5.41) is 22.7. The van der Waals surface area contributed by atoms with Crippen molar-refractivity contribution in [1.29, 1.82) is 0 Å². The lowest BCUT2D eigenvalue weighted by Gasteiger charge is -2.41. The number of aliphatic hydroxyl groups is 2. The molecule has 3 fully saturated rings. The van der Waals surface area contributed by atoms with E-state index in [1.54, 1.807) is 6.92 Å². The van der Waals surface area contributed by atoms with E-state index in [0.29, 0.717) is 0 Å². The molecule has 6 nitrogen and oxygen atoms in total. The lowest BCUT2D eigenvalue weighted by molar-refractivity contribution is -0.219. The van der Waals surface area contributed by atoms with E-state index in [0.717, 1.165) is 12.8 Å². The SMILES string of the molecule is C[C@@]12CO[C@@H](O1)[C@@H](NC(=O)C1CC1)[C@@H](O)[C@H]2O. The van der Waals surface area contributed by atoms with Crippen molar-refractivity contribution in [2.45, 2.75) is 49.9 Å². The smallest absolute Gasteiger partial charge is 0.223 e. The third-order valence-corrected chi connectivity index (χ3v) is 3.79. The Morgan fingerprint density at radius 3 is 2.76 bits per heavy atom. The molecule has 1 saturated carbocycles. The number of hydrogen-bond donors (Lipinski definition) is 3. The van der Waals surface area contributed by atoms with Gasteiger partial charge in [0.25, 0.3) is 0 Å². The standard InChI is InChI=1S/C11H17NO5/c1-11-4-16-10(17-11)6(7(13)8(11)14)12-9(15)5-2-3-5/h5-8,10,13-14H,2-4H2,1H3,(H,12,15)/t6-,7+,8+,10-,11-/m0/s1. The number of rotatable bonds is 2. The van der Waals surface area contributed by atoms with Gasteiger partial charge < -0.3 is 25.0 Å². The molecule has 2 bridgehead atoms. The van der Waals surface area contributed by atoms with Crippen molar-refractivity contribution < 1.29 is 24.5 Å². The molecule has 6 heteroatoms. The van der Waals surface area contributed by atoms with Crippen molar-refractivity contribution in [1.82, 2.24) is 5.32 Å². The molecule has 0 aromatic heterocycles. The summed E-state index contributed by atoms with van der Waals surface area (Å²) in [4.78, 5) is 11.7. The Labute approximate surface area is 98.9 Å². The average Bonchev–Trinajstić information content (AvgIpc) is 3.07. The maximum atomic E-state index is 11.7. The van der Waals surface area contributed by atoms with E-state index in [1.807, 2.05) is 0 Å². The molecule has 3 aliphatic rings. The minimum Gasteiger partial charge on any atom is -0.388 e. The second-order valence-corrected chi connectivity index (χ2v) is 5.35. The van der Waals surface area contributed by atoms with Gasteiger partial charge in [-0.05, 0) is 19.8 Å². The van der Waals surface area contributed by atoms with E-state index in [2.05, 4.69) is 5.32 Å². The molecule has 2 aliphatic heterocycles. The topological polar surface area (TPSA) is 88.0 Å². The van der Waals surface area contributed by atoms with Crippen LogP contribution in [-0.2, 0) is 14.3 Å². The predicted octanol–water partition coefficient (Wildman–Crippen LogP) is -1.25. The second kappa shape index (κ2) is 3.65. The molecule has 96 valence electrons. The van der Waals surface area contributed by atoms with E-state index in [-0.39, 0.29) is 18.4 Å². The Morgan fingerprint density at radius 2 is 2.12 bits per heavy atom. The normalized spacial score (nSPS) is 49.1. The second-order valence-electron chi connectivity index (χ2n) is 5.35. The van der Waals surface area contributed by atoms with Crippen molar-refractivity contribution in [3.63, 3.8) is 0 Å². The van der Waals surface area contributed by atoms with E-state index in [9.17, 15) is 15.0 Å². The molecule has 1 amide bonds. The van der Waals surface area contributed by atoms with Crippen LogP contribution in [0.1, 0.15) is 19.8 Å². The number of carbonyl (C=O) groups is 1. The average molecular weight is 243 g/mol. The zero-order valence-electron chi connectivity index (χ0n) is 9.63. The maximum absolute atomic E-state index is 11.7. The molecule has 0 unspecified atom stereocenters. The molecule has 17 heavy (non-hydrogen) atoms. The Morgan fingerprint density at radius 1 is 1.41 bits per heavy atom. The van der Waals surface area contributed by atoms with Crippen LogP contribution in [0.2, 0.25) is 0 Å². The first-order chi connectivity index (χ1) is 8.01. The minimum absolute atomic E-state index is 0.0501. The molecule has 5 atom stereocenters. The van der Waals surface area contributed by atoms with Crippen LogP contribution in [0.5, 0.6) is 0 Å².